The Hall–Kier alpha value is -1.33. The van der Waals surface area contributed by atoms with Crippen LogP contribution in [0.5, 0.6) is 0 Å². The Morgan fingerprint density at radius 2 is 0.933 bits per heavy atom. The maximum Gasteiger partial charge on any atom is 0.306 e. The average molecular weight is 853 g/mol. The minimum Gasteiger partial charge on any atom is -0.457 e. The second kappa shape index (κ2) is 42.9. The van der Waals surface area contributed by atoms with Gasteiger partial charge in [-0.25, -0.2) is 0 Å². The van der Waals surface area contributed by atoms with E-state index in [1.54, 1.807) is 0 Å². The summed E-state index contributed by atoms with van der Waals surface area (Å²) in [7, 11) is 0. The molecule has 0 bridgehead atoms. The van der Waals surface area contributed by atoms with Gasteiger partial charge in [-0.1, -0.05) is 192 Å². The molecule has 1 saturated heterocycles. The standard InChI is InChI=1S/C51H96O9/c1-3-5-7-9-11-13-15-16-17-18-19-20-21-22-23-24-25-26-27-28-29-31-33-35-37-39-41-57-43-45(44-58-51-50(56)49(55)48(54)46(42-52)60-51)59-47(53)40-38-36-34-32-30-14-12-10-8-6-4-2/h10,12,18-19,45-46,48-52,54-56H,3-9,11,13-17,20-44H2,1-2H3/b12-10-,19-18-. The highest BCUT2D eigenvalue weighted by Crippen LogP contribution is 2.23. The second-order valence-electron chi connectivity index (χ2n) is 17.6. The number of ether oxygens (including phenoxy) is 4. The number of aliphatic hydroxyl groups excluding tert-OH is 4. The molecule has 1 rings (SSSR count). The van der Waals surface area contributed by atoms with Crippen LogP contribution in [0.15, 0.2) is 24.3 Å². The third-order valence-electron chi connectivity index (χ3n) is 11.8. The topological polar surface area (TPSA) is 135 Å². The van der Waals surface area contributed by atoms with Gasteiger partial charge < -0.3 is 39.4 Å². The quantitative estimate of drug-likeness (QED) is 0.0268. The number of hydrogen-bond acceptors (Lipinski definition) is 9. The first-order chi connectivity index (χ1) is 29.4. The molecule has 0 aromatic carbocycles. The molecule has 0 amide bonds. The van der Waals surface area contributed by atoms with Crippen molar-refractivity contribution in [1.82, 2.24) is 0 Å². The first-order valence-electron chi connectivity index (χ1n) is 25.4. The number of hydrogen-bond donors (Lipinski definition) is 4. The Balaban J connectivity index is 2.12. The number of carbonyl (C=O) groups excluding carboxylic acids is 1. The van der Waals surface area contributed by atoms with Gasteiger partial charge in [-0.2, -0.15) is 0 Å². The van der Waals surface area contributed by atoms with E-state index < -0.39 is 43.4 Å². The highest BCUT2D eigenvalue weighted by Gasteiger charge is 2.44. The highest BCUT2D eigenvalue weighted by molar-refractivity contribution is 5.69. The summed E-state index contributed by atoms with van der Waals surface area (Å²) >= 11 is 0. The minimum absolute atomic E-state index is 0.114. The molecule has 6 atom stereocenters. The van der Waals surface area contributed by atoms with Gasteiger partial charge in [0.15, 0.2) is 6.29 Å². The van der Waals surface area contributed by atoms with Crippen LogP contribution in [0.3, 0.4) is 0 Å². The van der Waals surface area contributed by atoms with Gasteiger partial charge in [0.2, 0.25) is 0 Å². The van der Waals surface area contributed by atoms with E-state index in [0.717, 1.165) is 51.4 Å². The molecule has 0 aromatic rings. The van der Waals surface area contributed by atoms with E-state index in [2.05, 4.69) is 38.2 Å². The van der Waals surface area contributed by atoms with Crippen molar-refractivity contribution in [2.24, 2.45) is 0 Å². The van der Waals surface area contributed by atoms with Gasteiger partial charge in [0, 0.05) is 13.0 Å². The molecule has 6 unspecified atom stereocenters. The van der Waals surface area contributed by atoms with Gasteiger partial charge in [-0.05, 0) is 57.8 Å². The number of unbranched alkanes of at least 4 members (excludes halogenated alkanes) is 29. The molecule has 0 spiro atoms. The maximum atomic E-state index is 12.7. The fraction of sp³-hybridized carbons (Fsp3) is 0.902. The molecule has 0 saturated carbocycles. The van der Waals surface area contributed by atoms with Crippen LogP contribution in [-0.2, 0) is 23.7 Å². The predicted molar refractivity (Wildman–Crippen MR) is 247 cm³/mol. The van der Waals surface area contributed by atoms with E-state index in [1.807, 2.05) is 0 Å². The van der Waals surface area contributed by atoms with Gasteiger partial charge in [0.05, 0.1) is 19.8 Å². The SMILES string of the molecule is CCCC/C=C\CCCCCCCC(=O)OC(COCCCCCCCCCCCCCCCC/C=C\CCCCCCCCCC)COC1OC(CO)C(O)C(O)C1O. The van der Waals surface area contributed by atoms with Crippen molar-refractivity contribution in [2.45, 2.75) is 269 Å². The summed E-state index contributed by atoms with van der Waals surface area (Å²) in [4.78, 5) is 12.7. The molecule has 9 heteroatoms. The zero-order valence-electron chi connectivity index (χ0n) is 39.0. The molecule has 4 N–H and O–H groups in total. The Morgan fingerprint density at radius 1 is 0.517 bits per heavy atom. The first-order valence-corrected chi connectivity index (χ1v) is 25.4. The van der Waals surface area contributed by atoms with Crippen LogP contribution >= 0.6 is 0 Å². The Bertz CT molecular complexity index is 972. The van der Waals surface area contributed by atoms with E-state index in [4.69, 9.17) is 18.9 Å². The molecule has 0 aliphatic carbocycles. The lowest BCUT2D eigenvalue weighted by molar-refractivity contribution is -0.305. The summed E-state index contributed by atoms with van der Waals surface area (Å²) in [6.07, 6.45) is 43.7. The highest BCUT2D eigenvalue weighted by atomic mass is 16.7. The van der Waals surface area contributed by atoms with Crippen LogP contribution in [0.1, 0.15) is 232 Å². The van der Waals surface area contributed by atoms with Crippen molar-refractivity contribution in [3.05, 3.63) is 24.3 Å². The van der Waals surface area contributed by atoms with Crippen LogP contribution < -0.4 is 0 Å². The van der Waals surface area contributed by atoms with Crippen LogP contribution in [-0.4, -0.2) is 89.6 Å². The van der Waals surface area contributed by atoms with E-state index in [0.29, 0.717) is 13.0 Å². The lowest BCUT2D eigenvalue weighted by atomic mass is 9.99. The monoisotopic (exact) mass is 853 g/mol. The molecule has 1 heterocycles. The van der Waals surface area contributed by atoms with Gasteiger partial charge in [0.1, 0.15) is 30.5 Å². The fourth-order valence-electron chi connectivity index (χ4n) is 7.82. The summed E-state index contributed by atoms with van der Waals surface area (Å²) in [6, 6.07) is 0. The maximum absolute atomic E-state index is 12.7. The molecule has 1 aliphatic rings. The zero-order valence-corrected chi connectivity index (χ0v) is 39.0. The normalized spacial score (nSPS) is 20.1. The molecule has 0 radical (unpaired) electrons. The summed E-state index contributed by atoms with van der Waals surface area (Å²) in [5, 5.41) is 40.1. The third kappa shape index (κ3) is 33.3. The van der Waals surface area contributed by atoms with Crippen LogP contribution in [0.4, 0.5) is 0 Å². The molecule has 9 nitrogen and oxygen atoms in total. The van der Waals surface area contributed by atoms with Crippen molar-refractivity contribution in [3.8, 4) is 0 Å². The van der Waals surface area contributed by atoms with E-state index in [1.165, 1.54) is 161 Å². The van der Waals surface area contributed by atoms with Crippen LogP contribution in [0, 0.1) is 0 Å². The molecular formula is C51H96O9. The lowest BCUT2D eigenvalue weighted by Gasteiger charge is -2.39. The smallest absolute Gasteiger partial charge is 0.306 e. The summed E-state index contributed by atoms with van der Waals surface area (Å²) in [5.41, 5.74) is 0. The van der Waals surface area contributed by atoms with E-state index >= 15 is 0 Å². The van der Waals surface area contributed by atoms with Gasteiger partial charge in [0.25, 0.3) is 0 Å². The molecule has 60 heavy (non-hydrogen) atoms. The summed E-state index contributed by atoms with van der Waals surface area (Å²) < 4.78 is 22.8. The van der Waals surface area contributed by atoms with Gasteiger partial charge >= 0.3 is 5.97 Å². The summed E-state index contributed by atoms with van der Waals surface area (Å²) in [6.45, 7) is 4.54. The van der Waals surface area contributed by atoms with Crippen molar-refractivity contribution in [2.75, 3.05) is 26.4 Å². The number of esters is 1. The Kier molecular flexibility index (Phi) is 40.6. The van der Waals surface area contributed by atoms with Crippen molar-refractivity contribution < 1.29 is 44.2 Å². The Morgan fingerprint density at radius 3 is 1.40 bits per heavy atom. The molecular weight excluding hydrogens is 757 g/mol. The molecule has 0 aromatic heterocycles. The summed E-state index contributed by atoms with van der Waals surface area (Å²) in [5.74, 6) is -0.321. The number of aliphatic hydroxyl groups is 4. The lowest BCUT2D eigenvalue weighted by Crippen LogP contribution is -2.59. The number of allylic oxidation sites excluding steroid dienone is 4. The predicted octanol–water partition coefficient (Wildman–Crippen LogP) is 12.1. The molecule has 1 aliphatic heterocycles. The van der Waals surface area contributed by atoms with Gasteiger partial charge in [-0.15, -0.1) is 0 Å². The molecule has 1 fully saturated rings. The first kappa shape index (κ1) is 56.7. The van der Waals surface area contributed by atoms with Crippen molar-refractivity contribution >= 4 is 5.97 Å². The van der Waals surface area contributed by atoms with Gasteiger partial charge in [-0.3, -0.25) is 4.79 Å². The van der Waals surface area contributed by atoms with Crippen molar-refractivity contribution in [1.29, 1.82) is 0 Å². The van der Waals surface area contributed by atoms with E-state index in [-0.39, 0.29) is 19.2 Å². The number of carbonyl (C=O) groups is 1. The minimum atomic E-state index is -1.54. The van der Waals surface area contributed by atoms with Crippen LogP contribution in [0.25, 0.3) is 0 Å². The average Bonchev–Trinajstić information content (AvgIpc) is 3.25. The molecule has 354 valence electrons. The third-order valence-corrected chi connectivity index (χ3v) is 11.8. The zero-order chi connectivity index (χ0) is 43.6. The van der Waals surface area contributed by atoms with Crippen molar-refractivity contribution in [3.63, 3.8) is 0 Å². The van der Waals surface area contributed by atoms with E-state index in [9.17, 15) is 25.2 Å². The largest absolute Gasteiger partial charge is 0.457 e. The Labute approximate surface area is 368 Å². The number of rotatable bonds is 44. The fourth-order valence-corrected chi connectivity index (χ4v) is 7.82. The second-order valence-corrected chi connectivity index (χ2v) is 17.6. The van der Waals surface area contributed by atoms with Crippen LogP contribution in [0.2, 0.25) is 0 Å².